The number of rotatable bonds is 8. The lowest BCUT2D eigenvalue weighted by atomic mass is 10.1. The Morgan fingerprint density at radius 2 is 2.03 bits per heavy atom. The lowest BCUT2D eigenvalue weighted by Gasteiger charge is -2.14. The third-order valence-corrected chi connectivity index (χ3v) is 7.05. The van der Waals surface area contributed by atoms with Crippen LogP contribution < -0.4 is 10.5 Å². The molecule has 0 spiro atoms. The van der Waals surface area contributed by atoms with Gasteiger partial charge in [0.2, 0.25) is 0 Å². The van der Waals surface area contributed by atoms with E-state index in [-0.39, 0.29) is 0 Å². The zero-order valence-electron chi connectivity index (χ0n) is 18.0. The van der Waals surface area contributed by atoms with Crippen molar-refractivity contribution in [3.05, 3.63) is 58.7 Å². The fourth-order valence-electron chi connectivity index (χ4n) is 4.12. The van der Waals surface area contributed by atoms with Gasteiger partial charge >= 0.3 is 0 Å². The number of nitrogens with two attached hydrogens (primary N) is 1. The quantitative estimate of drug-likeness (QED) is 0.366. The average Bonchev–Trinajstić information content (AvgIpc) is 3.55. The third kappa shape index (κ3) is 4.73. The van der Waals surface area contributed by atoms with Crippen molar-refractivity contribution in [1.82, 2.24) is 19.4 Å². The molecule has 5 rings (SSSR count). The van der Waals surface area contributed by atoms with Gasteiger partial charge in [0, 0.05) is 23.2 Å². The Bertz CT molecular complexity index is 1300. The Hall–Kier alpha value is -2.94. The topological polar surface area (TPSA) is 86.3 Å². The summed E-state index contributed by atoms with van der Waals surface area (Å²) in [7, 11) is 0. The summed E-state index contributed by atoms with van der Waals surface area (Å²) in [6.45, 7) is 4.13. The van der Waals surface area contributed by atoms with Crippen LogP contribution in [-0.4, -0.2) is 51.6 Å². The summed E-state index contributed by atoms with van der Waals surface area (Å²) >= 11 is 7.38. The summed E-state index contributed by atoms with van der Waals surface area (Å²) in [6.07, 6.45) is 5.30. The lowest BCUT2D eigenvalue weighted by Crippen LogP contribution is -2.21. The molecule has 1 aliphatic rings. The number of primary amides is 1. The molecule has 2 N–H and O–H groups in total. The number of hydrogen-bond acceptors (Lipinski definition) is 6. The normalized spacial score (nSPS) is 14.2. The zero-order valence-corrected chi connectivity index (χ0v) is 19.6. The maximum absolute atomic E-state index is 12.1. The van der Waals surface area contributed by atoms with Gasteiger partial charge in [0.1, 0.15) is 17.0 Å². The fraction of sp³-hybridized carbons (Fsp3) is 0.292. The maximum atomic E-state index is 12.1. The van der Waals surface area contributed by atoms with Crippen molar-refractivity contribution in [2.45, 2.75) is 19.3 Å². The van der Waals surface area contributed by atoms with E-state index in [1.54, 1.807) is 18.5 Å². The van der Waals surface area contributed by atoms with Crippen LogP contribution in [0.1, 0.15) is 28.9 Å². The minimum Gasteiger partial charge on any atom is -0.493 e. The first-order chi connectivity index (χ1) is 16.1. The first-order valence-corrected chi connectivity index (χ1v) is 12.2. The summed E-state index contributed by atoms with van der Waals surface area (Å²) in [6, 6.07) is 13.1. The van der Waals surface area contributed by atoms with E-state index in [0.717, 1.165) is 35.3 Å². The summed E-state index contributed by atoms with van der Waals surface area (Å²) in [4.78, 5) is 24.2. The number of carbonyl (C=O) groups excluding carboxylic acids is 1. The highest BCUT2D eigenvalue weighted by Gasteiger charge is 2.20. The molecule has 33 heavy (non-hydrogen) atoms. The van der Waals surface area contributed by atoms with E-state index in [1.165, 1.54) is 37.3 Å². The number of imidazole rings is 1. The molecule has 0 radical (unpaired) electrons. The second-order valence-electron chi connectivity index (χ2n) is 8.06. The Kier molecular flexibility index (Phi) is 6.30. The maximum Gasteiger partial charge on any atom is 0.261 e. The van der Waals surface area contributed by atoms with Gasteiger partial charge < -0.3 is 15.4 Å². The van der Waals surface area contributed by atoms with Crippen molar-refractivity contribution in [3.8, 4) is 22.1 Å². The molecule has 0 atom stereocenters. The molecule has 4 aromatic rings. The number of benzene rings is 2. The van der Waals surface area contributed by atoms with Gasteiger partial charge in [0.25, 0.3) is 5.91 Å². The van der Waals surface area contributed by atoms with E-state index in [2.05, 4.69) is 9.88 Å². The average molecular weight is 482 g/mol. The van der Waals surface area contributed by atoms with Crippen LogP contribution in [0.2, 0.25) is 5.02 Å². The Balaban J connectivity index is 1.40. The van der Waals surface area contributed by atoms with Crippen molar-refractivity contribution < 1.29 is 9.53 Å². The van der Waals surface area contributed by atoms with Crippen molar-refractivity contribution in [1.29, 1.82) is 0 Å². The first-order valence-electron chi connectivity index (χ1n) is 11.0. The number of fused-ring (bicyclic) bond motifs is 1. The van der Waals surface area contributed by atoms with E-state index in [0.29, 0.717) is 27.3 Å². The van der Waals surface area contributed by atoms with Crippen molar-refractivity contribution in [3.63, 3.8) is 0 Å². The molecule has 1 amide bonds. The molecule has 9 heteroatoms. The molecule has 1 fully saturated rings. The number of nitrogens with zero attached hydrogens (tertiary/aromatic N) is 4. The zero-order chi connectivity index (χ0) is 22.8. The van der Waals surface area contributed by atoms with Crippen LogP contribution in [0.25, 0.3) is 27.4 Å². The fourth-order valence-corrected chi connectivity index (χ4v) is 5.24. The number of aromatic nitrogens is 3. The van der Waals surface area contributed by atoms with Crippen LogP contribution in [0.3, 0.4) is 0 Å². The van der Waals surface area contributed by atoms with Gasteiger partial charge in [0.15, 0.2) is 5.13 Å². The molecule has 1 aliphatic heterocycles. The number of hydrogen-bond donors (Lipinski definition) is 1. The van der Waals surface area contributed by atoms with Crippen molar-refractivity contribution in [2.24, 2.45) is 5.73 Å². The Morgan fingerprint density at radius 1 is 1.18 bits per heavy atom. The van der Waals surface area contributed by atoms with E-state index < -0.39 is 5.91 Å². The summed E-state index contributed by atoms with van der Waals surface area (Å²) in [5.41, 5.74) is 8.59. The molecular weight excluding hydrogens is 458 g/mol. The number of likely N-dealkylation sites (tertiary alicyclic amines) is 1. The summed E-state index contributed by atoms with van der Waals surface area (Å²) < 4.78 is 7.87. The van der Waals surface area contributed by atoms with Gasteiger partial charge in [-0.3, -0.25) is 9.36 Å². The second-order valence-corrected chi connectivity index (χ2v) is 9.48. The van der Waals surface area contributed by atoms with Gasteiger partial charge in [0.05, 0.1) is 23.3 Å². The van der Waals surface area contributed by atoms with Crippen LogP contribution in [0, 0.1) is 0 Å². The minimum atomic E-state index is -0.528. The molecule has 170 valence electrons. The summed E-state index contributed by atoms with van der Waals surface area (Å²) in [5, 5.41) is 1.17. The lowest BCUT2D eigenvalue weighted by molar-refractivity contribution is 0.100. The molecule has 3 heterocycles. The van der Waals surface area contributed by atoms with E-state index in [4.69, 9.17) is 27.1 Å². The predicted octanol–water partition coefficient (Wildman–Crippen LogP) is 4.77. The number of carbonyl (C=O) groups is 1. The third-order valence-electron chi connectivity index (χ3n) is 5.75. The highest BCUT2D eigenvalue weighted by atomic mass is 35.5. The van der Waals surface area contributed by atoms with Crippen LogP contribution in [0.5, 0.6) is 5.75 Å². The second kappa shape index (κ2) is 9.51. The van der Waals surface area contributed by atoms with Gasteiger partial charge in [-0.05, 0) is 56.6 Å². The van der Waals surface area contributed by atoms with Gasteiger partial charge in [-0.1, -0.05) is 35.1 Å². The van der Waals surface area contributed by atoms with Gasteiger partial charge in [-0.25, -0.2) is 9.97 Å². The molecule has 0 saturated carbocycles. The molecule has 0 bridgehead atoms. The molecule has 0 aliphatic carbocycles. The monoisotopic (exact) mass is 481 g/mol. The smallest absolute Gasteiger partial charge is 0.261 e. The predicted molar refractivity (Wildman–Crippen MR) is 131 cm³/mol. The molecular formula is C24H24ClN5O2S. The van der Waals surface area contributed by atoms with Crippen molar-refractivity contribution in [2.75, 3.05) is 26.2 Å². The van der Waals surface area contributed by atoms with Crippen LogP contribution in [-0.2, 0) is 0 Å². The number of ether oxygens (including phenoxy) is 1. The molecule has 0 unspecified atom stereocenters. The number of amides is 1. The highest BCUT2D eigenvalue weighted by Crippen LogP contribution is 2.33. The number of thiazole rings is 1. The van der Waals surface area contributed by atoms with E-state index in [1.807, 2.05) is 34.9 Å². The SMILES string of the molecule is NC(=O)c1sc(-n2cnc3ccc(OCCCN4CCCC4)cc32)nc1-c1cccc(Cl)c1. The minimum absolute atomic E-state index is 0.378. The standard InChI is InChI=1S/C24H24ClN5O2S/c25-17-6-3-5-16(13-17)21-22(23(26)31)33-24(28-21)30-15-27-19-8-7-18(14-20(19)30)32-12-4-11-29-9-1-2-10-29/h3,5-8,13-15H,1-2,4,9-12H2,(H2,26,31). The van der Waals surface area contributed by atoms with E-state index >= 15 is 0 Å². The first kappa shape index (κ1) is 21.9. The highest BCUT2D eigenvalue weighted by molar-refractivity contribution is 7.16. The van der Waals surface area contributed by atoms with Gasteiger partial charge in [-0.15, -0.1) is 0 Å². The summed E-state index contributed by atoms with van der Waals surface area (Å²) in [5.74, 6) is 0.257. The van der Waals surface area contributed by atoms with Crippen LogP contribution in [0.15, 0.2) is 48.8 Å². The Labute approximate surface area is 200 Å². The van der Waals surface area contributed by atoms with Crippen LogP contribution in [0.4, 0.5) is 0 Å². The molecule has 2 aromatic carbocycles. The molecule has 7 nitrogen and oxygen atoms in total. The number of halogens is 1. The van der Waals surface area contributed by atoms with E-state index in [9.17, 15) is 4.79 Å². The Morgan fingerprint density at radius 3 is 2.82 bits per heavy atom. The van der Waals surface area contributed by atoms with Crippen LogP contribution >= 0.6 is 22.9 Å². The largest absolute Gasteiger partial charge is 0.493 e. The molecule has 1 saturated heterocycles. The molecule has 2 aromatic heterocycles. The van der Waals surface area contributed by atoms with Gasteiger partial charge in [-0.2, -0.15) is 0 Å². The van der Waals surface area contributed by atoms with Crippen molar-refractivity contribution >= 4 is 39.9 Å².